The van der Waals surface area contributed by atoms with Crippen LogP contribution in [0.1, 0.15) is 22.3 Å². The first-order chi connectivity index (χ1) is 12.3. The van der Waals surface area contributed by atoms with Crippen molar-refractivity contribution in [1.82, 2.24) is 5.32 Å². The molecule has 0 aliphatic carbocycles. The highest BCUT2D eigenvalue weighted by molar-refractivity contribution is 6.13. The van der Waals surface area contributed by atoms with Crippen LogP contribution in [0.2, 0.25) is 0 Å². The quantitative estimate of drug-likeness (QED) is 0.542. The number of anilines is 1. The average Bonchev–Trinajstić information content (AvgIpc) is 3.06. The molecule has 3 nitrogen and oxygen atoms in total. The van der Waals surface area contributed by atoms with Crippen molar-refractivity contribution in [1.29, 1.82) is 0 Å². The minimum atomic E-state index is 0.777. The standard InChI is InChI=1S/C22H19N3/c1-16-19-13-8-14-21(20(19)15-23-16)24-25-22(17-9-4-2-5-10-17)18-11-6-3-7-12-18/h2-14,23-24H,1,15H2. The number of hydrazone groups is 1. The van der Waals surface area contributed by atoms with Crippen LogP contribution in [-0.4, -0.2) is 5.71 Å². The van der Waals surface area contributed by atoms with Crippen molar-refractivity contribution < 1.29 is 0 Å². The third kappa shape index (κ3) is 3.04. The lowest BCUT2D eigenvalue weighted by molar-refractivity contribution is 0.945. The molecule has 1 aliphatic rings. The van der Waals surface area contributed by atoms with Crippen LogP contribution < -0.4 is 10.7 Å². The molecule has 3 aromatic carbocycles. The molecule has 0 spiro atoms. The first-order valence-electron chi connectivity index (χ1n) is 8.32. The molecule has 0 radical (unpaired) electrons. The van der Waals surface area contributed by atoms with Crippen LogP contribution in [0.5, 0.6) is 0 Å². The van der Waals surface area contributed by atoms with E-state index in [1.807, 2.05) is 42.5 Å². The highest BCUT2D eigenvalue weighted by atomic mass is 15.3. The molecular weight excluding hydrogens is 306 g/mol. The molecule has 0 fully saturated rings. The fourth-order valence-corrected chi connectivity index (χ4v) is 3.06. The van der Waals surface area contributed by atoms with E-state index in [-0.39, 0.29) is 0 Å². The van der Waals surface area contributed by atoms with Crippen molar-refractivity contribution >= 4 is 17.1 Å². The van der Waals surface area contributed by atoms with Gasteiger partial charge in [-0.15, -0.1) is 0 Å². The van der Waals surface area contributed by atoms with Crippen LogP contribution in [0.3, 0.4) is 0 Å². The zero-order valence-corrected chi connectivity index (χ0v) is 13.9. The molecule has 0 saturated heterocycles. The molecule has 2 N–H and O–H groups in total. The van der Waals surface area contributed by atoms with Crippen molar-refractivity contribution in [3.05, 3.63) is 108 Å². The molecule has 0 unspecified atom stereocenters. The summed E-state index contributed by atoms with van der Waals surface area (Å²) in [5, 5.41) is 8.04. The Morgan fingerprint density at radius 1 is 0.840 bits per heavy atom. The fraction of sp³-hybridized carbons (Fsp3) is 0.0455. The van der Waals surface area contributed by atoms with E-state index in [1.54, 1.807) is 0 Å². The number of hydrogen-bond donors (Lipinski definition) is 2. The molecule has 122 valence electrons. The van der Waals surface area contributed by atoms with Crippen LogP contribution in [-0.2, 0) is 6.54 Å². The van der Waals surface area contributed by atoms with Gasteiger partial charge in [0.05, 0.1) is 11.4 Å². The summed E-state index contributed by atoms with van der Waals surface area (Å²) >= 11 is 0. The van der Waals surface area contributed by atoms with Crippen molar-refractivity contribution in [3.8, 4) is 0 Å². The first-order valence-corrected chi connectivity index (χ1v) is 8.32. The van der Waals surface area contributed by atoms with Gasteiger partial charge in [-0.05, 0) is 6.07 Å². The van der Waals surface area contributed by atoms with Crippen LogP contribution in [0, 0.1) is 0 Å². The molecule has 1 heterocycles. The normalized spacial score (nSPS) is 12.2. The lowest BCUT2D eigenvalue weighted by atomic mass is 10.0. The van der Waals surface area contributed by atoms with Gasteiger partial charge in [0.2, 0.25) is 0 Å². The molecule has 0 aromatic heterocycles. The number of rotatable bonds is 4. The Morgan fingerprint density at radius 3 is 2.12 bits per heavy atom. The van der Waals surface area contributed by atoms with Gasteiger partial charge in [0.1, 0.15) is 0 Å². The largest absolute Gasteiger partial charge is 0.381 e. The Kier molecular flexibility index (Phi) is 4.05. The number of nitrogens with one attached hydrogen (secondary N) is 2. The third-order valence-corrected chi connectivity index (χ3v) is 4.36. The fourth-order valence-electron chi connectivity index (χ4n) is 3.06. The van der Waals surface area contributed by atoms with E-state index in [2.05, 4.69) is 53.7 Å². The van der Waals surface area contributed by atoms with E-state index < -0.39 is 0 Å². The minimum Gasteiger partial charge on any atom is -0.381 e. The number of nitrogens with zero attached hydrogens (tertiary/aromatic N) is 1. The van der Waals surface area contributed by atoms with Gasteiger partial charge in [-0.3, -0.25) is 5.43 Å². The van der Waals surface area contributed by atoms with Crippen LogP contribution in [0.25, 0.3) is 5.70 Å². The highest BCUT2D eigenvalue weighted by Gasteiger charge is 2.17. The van der Waals surface area contributed by atoms with Crippen molar-refractivity contribution in [3.63, 3.8) is 0 Å². The number of hydrogen-bond acceptors (Lipinski definition) is 3. The Labute approximate surface area is 147 Å². The van der Waals surface area contributed by atoms with Gasteiger partial charge in [-0.1, -0.05) is 79.4 Å². The summed E-state index contributed by atoms with van der Waals surface area (Å²) in [7, 11) is 0. The van der Waals surface area contributed by atoms with Gasteiger partial charge < -0.3 is 5.32 Å². The summed E-state index contributed by atoms with van der Waals surface area (Å²) in [6.45, 7) is 4.83. The van der Waals surface area contributed by atoms with E-state index in [0.717, 1.165) is 40.3 Å². The molecule has 3 aromatic rings. The van der Waals surface area contributed by atoms with Crippen LogP contribution >= 0.6 is 0 Å². The summed E-state index contributed by atoms with van der Waals surface area (Å²) in [4.78, 5) is 0. The van der Waals surface area contributed by atoms with Crippen molar-refractivity contribution in [2.45, 2.75) is 6.54 Å². The van der Waals surface area contributed by atoms with Crippen LogP contribution in [0.4, 0.5) is 5.69 Å². The van der Waals surface area contributed by atoms with E-state index in [9.17, 15) is 0 Å². The topological polar surface area (TPSA) is 36.4 Å². The Morgan fingerprint density at radius 2 is 1.48 bits per heavy atom. The zero-order chi connectivity index (χ0) is 17.1. The molecule has 0 atom stereocenters. The predicted octanol–water partition coefficient (Wildman–Crippen LogP) is 4.63. The second-order valence-electron chi connectivity index (χ2n) is 5.97. The average molecular weight is 325 g/mol. The van der Waals surface area contributed by atoms with E-state index >= 15 is 0 Å². The molecule has 0 amide bonds. The molecule has 3 heteroatoms. The summed E-state index contributed by atoms with van der Waals surface area (Å²) in [5.41, 5.74) is 10.7. The zero-order valence-electron chi connectivity index (χ0n) is 13.9. The highest BCUT2D eigenvalue weighted by Crippen LogP contribution is 2.29. The van der Waals surface area contributed by atoms with Gasteiger partial charge in [0, 0.05) is 34.5 Å². The summed E-state index contributed by atoms with van der Waals surface area (Å²) < 4.78 is 0. The van der Waals surface area contributed by atoms with E-state index in [4.69, 9.17) is 5.10 Å². The summed E-state index contributed by atoms with van der Waals surface area (Å²) in [6, 6.07) is 26.6. The molecule has 0 bridgehead atoms. The van der Waals surface area contributed by atoms with Gasteiger partial charge >= 0.3 is 0 Å². The summed E-state index contributed by atoms with van der Waals surface area (Å²) in [6.07, 6.45) is 0. The maximum Gasteiger partial charge on any atom is 0.0977 e. The number of fused-ring (bicyclic) bond motifs is 1. The maximum absolute atomic E-state index is 4.75. The van der Waals surface area contributed by atoms with E-state index in [0.29, 0.717) is 0 Å². The molecule has 1 aliphatic heterocycles. The molecule has 25 heavy (non-hydrogen) atoms. The predicted molar refractivity (Wildman–Crippen MR) is 104 cm³/mol. The van der Waals surface area contributed by atoms with Gasteiger partial charge in [0.15, 0.2) is 0 Å². The van der Waals surface area contributed by atoms with Crippen molar-refractivity contribution in [2.75, 3.05) is 5.43 Å². The monoisotopic (exact) mass is 325 g/mol. The van der Waals surface area contributed by atoms with Crippen molar-refractivity contribution in [2.24, 2.45) is 5.10 Å². The SMILES string of the molecule is C=C1NCc2c(NN=C(c3ccccc3)c3ccccc3)cccc21. The third-order valence-electron chi connectivity index (χ3n) is 4.36. The molecule has 4 rings (SSSR count). The maximum atomic E-state index is 4.75. The second kappa shape index (κ2) is 6.65. The number of benzene rings is 3. The second-order valence-corrected chi connectivity index (χ2v) is 5.97. The van der Waals surface area contributed by atoms with Crippen LogP contribution in [0.15, 0.2) is 90.5 Å². The van der Waals surface area contributed by atoms with Gasteiger partial charge in [-0.25, -0.2) is 0 Å². The Hall–Kier alpha value is -3.33. The Balaban J connectivity index is 1.73. The van der Waals surface area contributed by atoms with Gasteiger partial charge in [0.25, 0.3) is 0 Å². The molecular formula is C22H19N3. The molecule has 0 saturated carbocycles. The smallest absolute Gasteiger partial charge is 0.0977 e. The Bertz CT molecular complexity index is 887. The summed E-state index contributed by atoms with van der Waals surface area (Å²) in [5.74, 6) is 0. The first kappa shape index (κ1) is 15.2. The van der Waals surface area contributed by atoms with Gasteiger partial charge in [-0.2, -0.15) is 5.10 Å². The lowest BCUT2D eigenvalue weighted by Gasteiger charge is -2.10. The van der Waals surface area contributed by atoms with E-state index in [1.165, 1.54) is 5.56 Å². The lowest BCUT2D eigenvalue weighted by Crippen LogP contribution is -2.07. The minimum absolute atomic E-state index is 0.777.